The molecule has 1 saturated heterocycles. The van der Waals surface area contributed by atoms with E-state index in [4.69, 9.17) is 4.74 Å². The van der Waals surface area contributed by atoms with Crippen LogP contribution in [-0.2, 0) is 11.2 Å². The lowest BCUT2D eigenvalue weighted by Crippen LogP contribution is -2.34. The Hall–Kier alpha value is -2.79. The number of nitrogens with zero attached hydrogens (tertiary/aromatic N) is 2. The highest BCUT2D eigenvalue weighted by Crippen LogP contribution is 2.31. The minimum Gasteiger partial charge on any atom is -0.489 e. The Morgan fingerprint density at radius 3 is 2.66 bits per heavy atom. The maximum atomic E-state index is 12.1. The monoisotopic (exact) mass is 387 g/mol. The van der Waals surface area contributed by atoms with Gasteiger partial charge in [-0.3, -0.25) is 14.8 Å². The van der Waals surface area contributed by atoms with Gasteiger partial charge in [-0.25, -0.2) is 0 Å². The zero-order chi connectivity index (χ0) is 19.6. The van der Waals surface area contributed by atoms with Gasteiger partial charge in [0.15, 0.2) is 0 Å². The first-order chi connectivity index (χ1) is 14.2. The lowest BCUT2D eigenvalue weighted by molar-refractivity contribution is -0.119. The number of Topliss-reactive ketones (excluding diaryl/α,β-unsaturated/α-hetero) is 1. The van der Waals surface area contributed by atoms with Crippen LogP contribution in [0.15, 0.2) is 48.9 Å². The SMILES string of the molecule is O=C(Cc1cc2cc(-c3cncc(OC4CCNCC4)c3)ccc2cn1)C1CC1. The number of carbonyl (C=O) groups is 1. The fourth-order valence-corrected chi connectivity index (χ4v) is 3.94. The number of hydrogen-bond acceptors (Lipinski definition) is 5. The summed E-state index contributed by atoms with van der Waals surface area (Å²) in [7, 11) is 0. The molecule has 0 radical (unpaired) electrons. The van der Waals surface area contributed by atoms with Crippen molar-refractivity contribution in [3.8, 4) is 16.9 Å². The van der Waals surface area contributed by atoms with Gasteiger partial charge in [0, 0.05) is 41.4 Å². The van der Waals surface area contributed by atoms with Crippen LogP contribution in [0.3, 0.4) is 0 Å². The molecule has 148 valence electrons. The van der Waals surface area contributed by atoms with Crippen LogP contribution < -0.4 is 10.1 Å². The maximum Gasteiger partial charge on any atom is 0.141 e. The smallest absolute Gasteiger partial charge is 0.141 e. The second kappa shape index (κ2) is 7.91. The molecular formula is C24H25N3O2. The predicted octanol–water partition coefficient (Wildman–Crippen LogP) is 3.95. The molecule has 2 aromatic heterocycles. The normalized spacial score (nSPS) is 17.4. The lowest BCUT2D eigenvalue weighted by atomic mass is 10.0. The number of carbonyl (C=O) groups excluding carboxylic acids is 1. The summed E-state index contributed by atoms with van der Waals surface area (Å²) in [6.07, 6.45) is 10.3. The summed E-state index contributed by atoms with van der Waals surface area (Å²) in [6, 6.07) is 10.4. The molecule has 3 aromatic rings. The van der Waals surface area contributed by atoms with Crippen molar-refractivity contribution in [3.63, 3.8) is 0 Å². The van der Waals surface area contributed by atoms with Crippen LogP contribution in [0.4, 0.5) is 0 Å². The van der Waals surface area contributed by atoms with Gasteiger partial charge in [-0.05, 0) is 67.9 Å². The number of pyridine rings is 2. The van der Waals surface area contributed by atoms with E-state index in [1.807, 2.05) is 18.5 Å². The highest BCUT2D eigenvalue weighted by molar-refractivity contribution is 5.89. The van der Waals surface area contributed by atoms with E-state index in [2.05, 4.69) is 39.6 Å². The van der Waals surface area contributed by atoms with Crippen LogP contribution in [0.5, 0.6) is 5.75 Å². The fourth-order valence-electron chi connectivity index (χ4n) is 3.94. The summed E-state index contributed by atoms with van der Waals surface area (Å²) >= 11 is 0. The molecule has 29 heavy (non-hydrogen) atoms. The molecule has 5 nitrogen and oxygen atoms in total. The Kier molecular flexibility index (Phi) is 4.98. The molecule has 2 fully saturated rings. The third-order valence-corrected chi connectivity index (χ3v) is 5.80. The maximum absolute atomic E-state index is 12.1. The highest BCUT2D eigenvalue weighted by atomic mass is 16.5. The minimum absolute atomic E-state index is 0.252. The Balaban J connectivity index is 1.38. The second-order valence-corrected chi connectivity index (χ2v) is 8.13. The molecular weight excluding hydrogens is 362 g/mol. The van der Waals surface area contributed by atoms with Crippen molar-refractivity contribution in [2.24, 2.45) is 5.92 Å². The van der Waals surface area contributed by atoms with Crippen LogP contribution >= 0.6 is 0 Å². The quantitative estimate of drug-likeness (QED) is 0.694. The molecule has 1 aromatic carbocycles. The van der Waals surface area contributed by atoms with Crippen LogP contribution in [0.1, 0.15) is 31.4 Å². The summed E-state index contributed by atoms with van der Waals surface area (Å²) < 4.78 is 6.15. The average Bonchev–Trinajstić information content (AvgIpc) is 3.60. The van der Waals surface area contributed by atoms with Crippen molar-refractivity contribution in [3.05, 3.63) is 54.6 Å². The third-order valence-electron chi connectivity index (χ3n) is 5.80. The summed E-state index contributed by atoms with van der Waals surface area (Å²) in [6.45, 7) is 2.00. The number of piperidine rings is 1. The molecule has 0 atom stereocenters. The first-order valence-electron chi connectivity index (χ1n) is 10.5. The van der Waals surface area contributed by atoms with E-state index in [0.29, 0.717) is 12.2 Å². The summed E-state index contributed by atoms with van der Waals surface area (Å²) in [5, 5.41) is 5.53. The third kappa shape index (κ3) is 4.30. The molecule has 0 spiro atoms. The van der Waals surface area contributed by atoms with Crippen molar-refractivity contribution < 1.29 is 9.53 Å². The fraction of sp³-hybridized carbons (Fsp3) is 0.375. The number of ketones is 1. The minimum atomic E-state index is 0.252. The van der Waals surface area contributed by atoms with Crippen LogP contribution in [0.25, 0.3) is 21.9 Å². The topological polar surface area (TPSA) is 64.1 Å². The van der Waals surface area contributed by atoms with E-state index in [1.54, 1.807) is 6.20 Å². The van der Waals surface area contributed by atoms with Gasteiger partial charge >= 0.3 is 0 Å². The molecule has 0 amide bonds. The van der Waals surface area contributed by atoms with Gasteiger partial charge in [-0.15, -0.1) is 0 Å². The Morgan fingerprint density at radius 1 is 0.966 bits per heavy atom. The van der Waals surface area contributed by atoms with Crippen molar-refractivity contribution in [2.45, 2.75) is 38.2 Å². The standard InChI is InChI=1S/C24H25N3O2/c28-24(16-1-2-16)12-21-10-19-9-17(3-4-18(19)14-27-21)20-11-23(15-26-13-20)29-22-5-7-25-8-6-22/h3-4,9-11,13-16,22,25H,1-2,5-8,12H2. The first-order valence-corrected chi connectivity index (χ1v) is 10.5. The molecule has 1 aliphatic heterocycles. The Morgan fingerprint density at radius 2 is 1.83 bits per heavy atom. The molecule has 1 aliphatic carbocycles. The summed E-state index contributed by atoms with van der Waals surface area (Å²) in [5.41, 5.74) is 2.98. The van der Waals surface area contributed by atoms with E-state index in [1.165, 1.54) is 0 Å². The van der Waals surface area contributed by atoms with Gasteiger partial charge in [0.1, 0.15) is 17.6 Å². The number of rotatable bonds is 6. The Bertz CT molecular complexity index is 1040. The number of aromatic nitrogens is 2. The number of fused-ring (bicyclic) bond motifs is 1. The van der Waals surface area contributed by atoms with Crippen LogP contribution in [0.2, 0.25) is 0 Å². The number of nitrogens with one attached hydrogen (secondary N) is 1. The largest absolute Gasteiger partial charge is 0.489 e. The zero-order valence-corrected chi connectivity index (χ0v) is 16.4. The van der Waals surface area contributed by atoms with Crippen molar-refractivity contribution in [1.82, 2.24) is 15.3 Å². The van der Waals surface area contributed by atoms with Crippen molar-refractivity contribution in [1.29, 1.82) is 0 Å². The molecule has 1 N–H and O–H groups in total. The summed E-state index contributed by atoms with van der Waals surface area (Å²) in [4.78, 5) is 21.0. The molecule has 3 heterocycles. The van der Waals surface area contributed by atoms with E-state index < -0.39 is 0 Å². The number of hydrogen-bond donors (Lipinski definition) is 1. The van der Waals surface area contributed by atoms with Gasteiger partial charge in [0.2, 0.25) is 0 Å². The predicted molar refractivity (Wildman–Crippen MR) is 113 cm³/mol. The van der Waals surface area contributed by atoms with E-state index in [9.17, 15) is 4.79 Å². The molecule has 0 bridgehead atoms. The molecule has 5 heteroatoms. The second-order valence-electron chi connectivity index (χ2n) is 8.13. The van der Waals surface area contributed by atoms with E-state index in [-0.39, 0.29) is 12.0 Å². The van der Waals surface area contributed by atoms with E-state index in [0.717, 1.165) is 72.1 Å². The Labute approximate surface area is 170 Å². The van der Waals surface area contributed by atoms with Crippen molar-refractivity contribution >= 4 is 16.6 Å². The number of ether oxygens (including phenoxy) is 1. The van der Waals surface area contributed by atoms with Gasteiger partial charge in [-0.1, -0.05) is 12.1 Å². The number of benzene rings is 1. The lowest BCUT2D eigenvalue weighted by Gasteiger charge is -2.23. The highest BCUT2D eigenvalue weighted by Gasteiger charge is 2.29. The summed E-state index contributed by atoms with van der Waals surface area (Å²) in [5.74, 6) is 1.41. The average molecular weight is 387 g/mol. The van der Waals surface area contributed by atoms with Gasteiger partial charge in [0.25, 0.3) is 0 Å². The van der Waals surface area contributed by atoms with Gasteiger partial charge < -0.3 is 10.1 Å². The molecule has 5 rings (SSSR count). The van der Waals surface area contributed by atoms with Crippen LogP contribution in [0, 0.1) is 5.92 Å². The van der Waals surface area contributed by atoms with Crippen LogP contribution in [-0.4, -0.2) is 34.9 Å². The zero-order valence-electron chi connectivity index (χ0n) is 16.4. The molecule has 2 aliphatic rings. The van der Waals surface area contributed by atoms with Crippen molar-refractivity contribution in [2.75, 3.05) is 13.1 Å². The van der Waals surface area contributed by atoms with E-state index >= 15 is 0 Å². The molecule has 0 unspecified atom stereocenters. The van der Waals surface area contributed by atoms with Gasteiger partial charge in [0.05, 0.1) is 6.20 Å². The first kappa shape index (κ1) is 18.3. The molecule has 1 saturated carbocycles. The van der Waals surface area contributed by atoms with Gasteiger partial charge in [-0.2, -0.15) is 0 Å².